The van der Waals surface area contributed by atoms with Crippen LogP contribution < -0.4 is 10.1 Å². The number of ether oxygens (including phenoxy) is 1. The van der Waals surface area contributed by atoms with Crippen LogP contribution in [0.5, 0.6) is 5.88 Å². The van der Waals surface area contributed by atoms with Gasteiger partial charge in [0.25, 0.3) is 0 Å². The van der Waals surface area contributed by atoms with E-state index in [1.807, 2.05) is 6.20 Å². The highest BCUT2D eigenvalue weighted by molar-refractivity contribution is 7.99. The maximum Gasteiger partial charge on any atom is 0.238 e. The topological polar surface area (TPSA) is 47.0 Å². The van der Waals surface area contributed by atoms with Gasteiger partial charge in [0.1, 0.15) is 17.3 Å². The highest BCUT2D eigenvalue weighted by atomic mass is 35.5. The average Bonchev–Trinajstić information content (AvgIpc) is 2.41. The number of aromatic nitrogens is 2. The maximum atomic E-state index is 5.52. The SMILES string of the molecule is CC(C)Sc1cnc2c(n1)OCCNC2.Cl. The first kappa shape index (κ1) is 13.5. The zero-order valence-electron chi connectivity index (χ0n) is 9.40. The van der Waals surface area contributed by atoms with Gasteiger partial charge in [0.05, 0.1) is 6.20 Å². The first-order valence-corrected chi connectivity index (χ1v) is 6.00. The van der Waals surface area contributed by atoms with Gasteiger partial charge in [-0.1, -0.05) is 13.8 Å². The van der Waals surface area contributed by atoms with E-state index in [1.165, 1.54) is 0 Å². The second kappa shape index (κ2) is 6.27. The molecule has 0 unspecified atom stereocenters. The van der Waals surface area contributed by atoms with Crippen molar-refractivity contribution in [1.29, 1.82) is 0 Å². The van der Waals surface area contributed by atoms with E-state index >= 15 is 0 Å². The molecular weight excluding hydrogens is 246 g/mol. The van der Waals surface area contributed by atoms with Gasteiger partial charge < -0.3 is 10.1 Å². The molecule has 0 spiro atoms. The zero-order chi connectivity index (χ0) is 10.7. The van der Waals surface area contributed by atoms with Crippen molar-refractivity contribution < 1.29 is 4.74 Å². The summed E-state index contributed by atoms with van der Waals surface area (Å²) < 4.78 is 5.52. The lowest BCUT2D eigenvalue weighted by Gasteiger charge is -2.07. The van der Waals surface area contributed by atoms with Gasteiger partial charge >= 0.3 is 0 Å². The number of hydrogen-bond donors (Lipinski definition) is 1. The van der Waals surface area contributed by atoms with Gasteiger partial charge in [-0.05, 0) is 0 Å². The molecule has 0 amide bonds. The molecule has 1 N–H and O–H groups in total. The third-order valence-corrected chi connectivity index (χ3v) is 2.87. The molecule has 90 valence electrons. The number of halogens is 1. The largest absolute Gasteiger partial charge is 0.475 e. The number of fused-ring (bicyclic) bond motifs is 1. The molecule has 1 aromatic heterocycles. The van der Waals surface area contributed by atoms with Crippen LogP contribution in [0.3, 0.4) is 0 Å². The molecule has 0 fully saturated rings. The van der Waals surface area contributed by atoms with Gasteiger partial charge in [0.15, 0.2) is 0 Å². The minimum Gasteiger partial charge on any atom is -0.475 e. The van der Waals surface area contributed by atoms with Crippen molar-refractivity contribution >= 4 is 24.2 Å². The van der Waals surface area contributed by atoms with Crippen LogP contribution >= 0.6 is 24.2 Å². The molecular formula is C10H16ClN3OS. The second-order valence-electron chi connectivity index (χ2n) is 3.65. The van der Waals surface area contributed by atoms with E-state index in [0.29, 0.717) is 17.7 Å². The highest BCUT2D eigenvalue weighted by Gasteiger charge is 2.12. The molecule has 0 radical (unpaired) electrons. The van der Waals surface area contributed by atoms with Gasteiger partial charge in [-0.25, -0.2) is 4.98 Å². The van der Waals surface area contributed by atoms with Gasteiger partial charge in [0, 0.05) is 18.3 Å². The Hall–Kier alpha value is -0.520. The Morgan fingerprint density at radius 1 is 1.50 bits per heavy atom. The van der Waals surface area contributed by atoms with Gasteiger partial charge in [-0.2, -0.15) is 0 Å². The molecule has 1 aliphatic rings. The Balaban J connectivity index is 0.00000128. The van der Waals surface area contributed by atoms with Crippen molar-refractivity contribution in [1.82, 2.24) is 15.3 Å². The number of nitrogens with one attached hydrogen (secondary N) is 1. The van der Waals surface area contributed by atoms with Gasteiger partial charge in [-0.3, -0.25) is 4.98 Å². The molecule has 0 bridgehead atoms. The molecule has 2 rings (SSSR count). The fourth-order valence-electron chi connectivity index (χ4n) is 1.34. The van der Waals surface area contributed by atoms with E-state index in [9.17, 15) is 0 Å². The maximum absolute atomic E-state index is 5.52. The smallest absolute Gasteiger partial charge is 0.238 e. The van der Waals surface area contributed by atoms with E-state index in [1.54, 1.807) is 11.8 Å². The predicted molar refractivity (Wildman–Crippen MR) is 67.5 cm³/mol. The Morgan fingerprint density at radius 2 is 2.31 bits per heavy atom. The van der Waals surface area contributed by atoms with Crippen LogP contribution in [-0.2, 0) is 6.54 Å². The Labute approximate surface area is 106 Å². The van der Waals surface area contributed by atoms with E-state index < -0.39 is 0 Å². The Kier molecular flexibility index (Phi) is 5.31. The molecule has 0 atom stereocenters. The molecule has 1 aliphatic heterocycles. The summed E-state index contributed by atoms with van der Waals surface area (Å²) in [5, 5.41) is 4.68. The zero-order valence-corrected chi connectivity index (χ0v) is 11.0. The first-order chi connectivity index (χ1) is 7.25. The molecule has 0 saturated carbocycles. The normalized spacial score (nSPS) is 14.7. The summed E-state index contributed by atoms with van der Waals surface area (Å²) in [6.07, 6.45) is 1.82. The van der Waals surface area contributed by atoms with Crippen molar-refractivity contribution in [2.45, 2.75) is 30.7 Å². The lowest BCUT2D eigenvalue weighted by Crippen LogP contribution is -2.16. The van der Waals surface area contributed by atoms with Crippen molar-refractivity contribution in [2.24, 2.45) is 0 Å². The summed E-state index contributed by atoms with van der Waals surface area (Å²) in [6, 6.07) is 0. The molecule has 4 nitrogen and oxygen atoms in total. The number of rotatable bonds is 2. The summed E-state index contributed by atoms with van der Waals surface area (Å²) in [4.78, 5) is 8.81. The quantitative estimate of drug-likeness (QED) is 0.824. The summed E-state index contributed by atoms with van der Waals surface area (Å²) in [5.74, 6) is 0.686. The van der Waals surface area contributed by atoms with E-state index in [4.69, 9.17) is 4.74 Å². The standard InChI is InChI=1S/C10H15N3OS.ClH/c1-7(2)15-9-6-12-8-5-11-3-4-14-10(8)13-9;/h6-7,11H,3-5H2,1-2H3;1H. The van der Waals surface area contributed by atoms with Crippen LogP contribution in [0.15, 0.2) is 11.2 Å². The van der Waals surface area contributed by atoms with Crippen molar-refractivity contribution in [2.75, 3.05) is 13.2 Å². The molecule has 16 heavy (non-hydrogen) atoms. The van der Waals surface area contributed by atoms with E-state index in [2.05, 4.69) is 29.1 Å². The fourth-order valence-corrected chi connectivity index (χ4v) is 2.08. The van der Waals surface area contributed by atoms with Crippen LogP contribution in [0.2, 0.25) is 0 Å². The third-order valence-electron chi connectivity index (χ3n) is 1.96. The number of nitrogens with zero attached hydrogens (tertiary/aromatic N) is 2. The van der Waals surface area contributed by atoms with Crippen molar-refractivity contribution in [3.05, 3.63) is 11.9 Å². The molecule has 0 aliphatic carbocycles. The minimum atomic E-state index is 0. The summed E-state index contributed by atoms with van der Waals surface area (Å²) in [7, 11) is 0. The highest BCUT2D eigenvalue weighted by Crippen LogP contribution is 2.24. The molecule has 6 heteroatoms. The van der Waals surface area contributed by atoms with Crippen LogP contribution in [0.1, 0.15) is 19.5 Å². The Morgan fingerprint density at radius 3 is 3.06 bits per heavy atom. The summed E-state index contributed by atoms with van der Waals surface area (Å²) in [5.41, 5.74) is 0.903. The van der Waals surface area contributed by atoms with E-state index in [0.717, 1.165) is 23.8 Å². The van der Waals surface area contributed by atoms with Crippen LogP contribution in [0, 0.1) is 0 Å². The predicted octanol–water partition coefficient (Wildman–Crippen LogP) is 1.88. The summed E-state index contributed by atoms with van der Waals surface area (Å²) >= 11 is 1.70. The van der Waals surface area contributed by atoms with Crippen molar-refractivity contribution in [3.8, 4) is 5.88 Å². The Bertz CT molecular complexity index is 349. The van der Waals surface area contributed by atoms with Gasteiger partial charge in [-0.15, -0.1) is 24.2 Å². The third kappa shape index (κ3) is 3.50. The van der Waals surface area contributed by atoms with Crippen LogP contribution in [-0.4, -0.2) is 28.4 Å². The minimum absolute atomic E-state index is 0. The number of hydrogen-bond acceptors (Lipinski definition) is 5. The van der Waals surface area contributed by atoms with Crippen molar-refractivity contribution in [3.63, 3.8) is 0 Å². The molecule has 0 aromatic carbocycles. The molecule has 0 saturated heterocycles. The van der Waals surface area contributed by atoms with E-state index in [-0.39, 0.29) is 12.4 Å². The molecule has 1 aromatic rings. The average molecular weight is 262 g/mol. The lowest BCUT2D eigenvalue weighted by atomic mass is 10.4. The summed E-state index contributed by atoms with van der Waals surface area (Å²) in [6.45, 7) is 6.54. The van der Waals surface area contributed by atoms with Crippen LogP contribution in [0.4, 0.5) is 0 Å². The van der Waals surface area contributed by atoms with Crippen LogP contribution in [0.25, 0.3) is 0 Å². The fraction of sp³-hybridized carbons (Fsp3) is 0.600. The first-order valence-electron chi connectivity index (χ1n) is 5.12. The monoisotopic (exact) mass is 261 g/mol. The lowest BCUT2D eigenvalue weighted by molar-refractivity contribution is 0.310. The second-order valence-corrected chi connectivity index (χ2v) is 5.25. The number of thioether (sulfide) groups is 1. The molecule has 2 heterocycles. The van der Waals surface area contributed by atoms with Gasteiger partial charge in [0.2, 0.25) is 5.88 Å².